The van der Waals surface area contributed by atoms with Gasteiger partial charge in [-0.25, -0.2) is 4.79 Å². The summed E-state index contributed by atoms with van der Waals surface area (Å²) in [6, 6.07) is 14.9. The van der Waals surface area contributed by atoms with E-state index in [-0.39, 0.29) is 0 Å². The van der Waals surface area contributed by atoms with Gasteiger partial charge in [0.05, 0.1) is 13.3 Å². The predicted octanol–water partition coefficient (Wildman–Crippen LogP) is 2.74. The maximum absolute atomic E-state index is 10.6. The van der Waals surface area contributed by atoms with Crippen LogP contribution in [0.2, 0.25) is 0 Å². The molecule has 2 aromatic rings. The molecule has 2 aromatic carbocycles. The Morgan fingerprint density at radius 1 is 1.23 bits per heavy atom. The van der Waals surface area contributed by atoms with Crippen molar-refractivity contribution < 1.29 is 19.4 Å². The second kappa shape index (κ2) is 10.1. The van der Waals surface area contributed by atoms with Crippen molar-refractivity contribution in [2.45, 2.75) is 5.75 Å². The van der Waals surface area contributed by atoms with Gasteiger partial charge in [0.2, 0.25) is 0 Å². The summed E-state index contributed by atoms with van der Waals surface area (Å²) in [5, 5.41) is 16.9. The van der Waals surface area contributed by atoms with E-state index in [1.165, 1.54) is 25.1 Å². The van der Waals surface area contributed by atoms with Gasteiger partial charge in [-0.1, -0.05) is 42.1 Å². The number of benzene rings is 2. The summed E-state index contributed by atoms with van der Waals surface area (Å²) in [7, 11) is 1.47. The summed E-state index contributed by atoms with van der Waals surface area (Å²) < 4.78 is 10.3. The number of rotatable bonds is 8. The summed E-state index contributed by atoms with van der Waals surface area (Å²) >= 11 is 1.40. The van der Waals surface area contributed by atoms with E-state index in [2.05, 4.69) is 10.2 Å². The maximum atomic E-state index is 10.6. The van der Waals surface area contributed by atoms with Gasteiger partial charge in [0.1, 0.15) is 0 Å². The highest BCUT2D eigenvalue weighted by molar-refractivity contribution is 8.13. The first-order valence-electron chi connectivity index (χ1n) is 7.64. The molecule has 0 heterocycles. The van der Waals surface area contributed by atoms with Crippen LogP contribution in [0, 0.1) is 0 Å². The Bertz CT molecular complexity index is 794. The topological polar surface area (TPSA) is 107 Å². The molecule has 0 saturated carbocycles. The zero-order valence-corrected chi connectivity index (χ0v) is 15.0. The number of methoxy groups -OCH3 is 1. The lowest BCUT2D eigenvalue weighted by Crippen LogP contribution is -2.10. The number of amidine groups is 1. The number of aliphatic carboxylic acids is 1. The number of carboxylic acids is 1. The highest BCUT2D eigenvalue weighted by Crippen LogP contribution is 2.27. The third-order valence-electron chi connectivity index (χ3n) is 3.13. The lowest BCUT2D eigenvalue weighted by molar-refractivity contribution is -0.139. The van der Waals surface area contributed by atoms with E-state index in [1.54, 1.807) is 18.2 Å². The first-order valence-corrected chi connectivity index (χ1v) is 8.63. The average molecular weight is 373 g/mol. The molecule has 26 heavy (non-hydrogen) atoms. The largest absolute Gasteiger partial charge is 0.493 e. The highest BCUT2D eigenvalue weighted by Gasteiger charge is 2.07. The SMILES string of the molecule is COc1cc(C=NN=C(N)SCc2ccccc2)ccc1OCC(=O)O. The van der Waals surface area contributed by atoms with Crippen molar-refractivity contribution in [3.63, 3.8) is 0 Å². The fraction of sp³-hybridized carbons (Fsp3) is 0.167. The van der Waals surface area contributed by atoms with E-state index in [1.807, 2.05) is 30.3 Å². The van der Waals surface area contributed by atoms with Crippen LogP contribution in [0.5, 0.6) is 11.5 Å². The molecule has 0 fully saturated rings. The van der Waals surface area contributed by atoms with Crippen molar-refractivity contribution in [2.75, 3.05) is 13.7 Å². The molecule has 8 heteroatoms. The first kappa shape index (κ1) is 19.3. The molecule has 0 aliphatic carbocycles. The minimum atomic E-state index is -1.06. The summed E-state index contributed by atoms with van der Waals surface area (Å²) in [6.45, 7) is -0.441. The van der Waals surface area contributed by atoms with Crippen LogP contribution in [0.4, 0.5) is 0 Å². The van der Waals surface area contributed by atoms with E-state index in [0.29, 0.717) is 22.2 Å². The van der Waals surface area contributed by atoms with Crippen molar-refractivity contribution in [2.24, 2.45) is 15.9 Å². The quantitative estimate of drug-likeness (QED) is 0.419. The number of hydrogen-bond donors (Lipinski definition) is 2. The van der Waals surface area contributed by atoms with Gasteiger partial charge in [0, 0.05) is 5.75 Å². The van der Waals surface area contributed by atoms with E-state index < -0.39 is 12.6 Å². The van der Waals surface area contributed by atoms with Crippen LogP contribution >= 0.6 is 11.8 Å². The van der Waals surface area contributed by atoms with Crippen LogP contribution in [0.15, 0.2) is 58.7 Å². The number of ether oxygens (including phenoxy) is 2. The second-order valence-electron chi connectivity index (χ2n) is 5.05. The molecule has 0 amide bonds. The third-order valence-corrected chi connectivity index (χ3v) is 3.99. The Kier molecular flexibility index (Phi) is 7.50. The van der Waals surface area contributed by atoms with E-state index in [9.17, 15) is 4.79 Å². The molecule has 0 aliphatic rings. The lowest BCUT2D eigenvalue weighted by Gasteiger charge is -2.09. The number of nitrogens with zero attached hydrogens (tertiary/aromatic N) is 2. The highest BCUT2D eigenvalue weighted by atomic mass is 32.2. The Morgan fingerprint density at radius 3 is 2.69 bits per heavy atom. The van der Waals surface area contributed by atoms with E-state index in [0.717, 1.165) is 11.3 Å². The molecule has 136 valence electrons. The summed E-state index contributed by atoms with van der Waals surface area (Å²) in [6.07, 6.45) is 1.53. The van der Waals surface area contributed by atoms with Crippen molar-refractivity contribution in [1.82, 2.24) is 0 Å². The molecule has 0 aromatic heterocycles. The van der Waals surface area contributed by atoms with E-state index in [4.69, 9.17) is 20.3 Å². The van der Waals surface area contributed by atoms with Gasteiger partial charge in [-0.15, -0.1) is 5.10 Å². The van der Waals surface area contributed by atoms with Crippen molar-refractivity contribution in [3.8, 4) is 11.5 Å². The van der Waals surface area contributed by atoms with E-state index >= 15 is 0 Å². The standard InChI is InChI=1S/C18H19N3O4S/c1-24-16-9-14(7-8-15(16)25-11-17(22)23)10-20-21-18(19)26-12-13-5-3-2-4-6-13/h2-10H,11-12H2,1H3,(H2,19,21)(H,22,23). The zero-order chi connectivity index (χ0) is 18.8. The number of nitrogens with two attached hydrogens (primary N) is 1. The molecule has 0 spiro atoms. The number of carboxylic acid groups (broad SMARTS) is 1. The maximum Gasteiger partial charge on any atom is 0.341 e. The van der Waals surface area contributed by atoms with Crippen LogP contribution in [0.3, 0.4) is 0 Å². The molecule has 0 saturated heterocycles. The fourth-order valence-corrected chi connectivity index (χ4v) is 2.55. The molecule has 2 rings (SSSR count). The van der Waals surface area contributed by atoms with Crippen molar-refractivity contribution in [3.05, 3.63) is 59.7 Å². The Morgan fingerprint density at radius 2 is 2.00 bits per heavy atom. The summed E-state index contributed by atoms with van der Waals surface area (Å²) in [4.78, 5) is 10.6. The van der Waals surface area contributed by atoms with Gasteiger partial charge in [-0.05, 0) is 29.3 Å². The summed E-state index contributed by atoms with van der Waals surface area (Å²) in [5.41, 5.74) is 7.70. The smallest absolute Gasteiger partial charge is 0.341 e. The molecule has 3 N–H and O–H groups in total. The van der Waals surface area contributed by atoms with Gasteiger partial charge < -0.3 is 20.3 Å². The molecule has 0 atom stereocenters. The average Bonchev–Trinajstić information content (AvgIpc) is 2.66. The number of carbonyl (C=O) groups is 1. The van der Waals surface area contributed by atoms with Gasteiger partial charge >= 0.3 is 5.97 Å². The minimum absolute atomic E-state index is 0.341. The van der Waals surface area contributed by atoms with Crippen molar-refractivity contribution in [1.29, 1.82) is 0 Å². The van der Waals surface area contributed by atoms with Gasteiger partial charge in [0.15, 0.2) is 23.3 Å². The summed E-state index contributed by atoms with van der Waals surface area (Å²) in [5.74, 6) is 0.407. The van der Waals surface area contributed by atoms with Crippen LogP contribution in [-0.4, -0.2) is 36.2 Å². The molecule has 7 nitrogen and oxygen atoms in total. The predicted molar refractivity (Wildman–Crippen MR) is 103 cm³/mol. The van der Waals surface area contributed by atoms with Gasteiger partial charge in [-0.2, -0.15) is 5.10 Å². The second-order valence-corrected chi connectivity index (χ2v) is 6.05. The van der Waals surface area contributed by atoms with Gasteiger partial charge in [0.25, 0.3) is 0 Å². The number of thioether (sulfide) groups is 1. The number of hydrogen-bond acceptors (Lipinski definition) is 6. The monoisotopic (exact) mass is 373 g/mol. The Hall–Kier alpha value is -3.00. The lowest BCUT2D eigenvalue weighted by atomic mass is 10.2. The Balaban J connectivity index is 1.95. The Labute approximate surface area is 155 Å². The minimum Gasteiger partial charge on any atom is -0.493 e. The zero-order valence-electron chi connectivity index (χ0n) is 14.2. The molecular formula is C18H19N3O4S. The molecule has 0 bridgehead atoms. The fourth-order valence-electron chi connectivity index (χ4n) is 1.94. The first-order chi connectivity index (χ1) is 12.6. The van der Waals surface area contributed by atoms with Crippen molar-refractivity contribution >= 4 is 29.1 Å². The van der Waals surface area contributed by atoms with Crippen LogP contribution in [0.25, 0.3) is 0 Å². The molecular weight excluding hydrogens is 354 g/mol. The van der Waals surface area contributed by atoms with Crippen LogP contribution in [0.1, 0.15) is 11.1 Å². The van der Waals surface area contributed by atoms with Crippen LogP contribution in [-0.2, 0) is 10.5 Å². The third kappa shape index (κ3) is 6.48. The molecule has 0 unspecified atom stereocenters. The molecule has 0 radical (unpaired) electrons. The molecule has 0 aliphatic heterocycles. The van der Waals surface area contributed by atoms with Gasteiger partial charge in [-0.3, -0.25) is 0 Å². The van der Waals surface area contributed by atoms with Crippen LogP contribution < -0.4 is 15.2 Å². The normalized spacial score (nSPS) is 11.5.